The highest BCUT2D eigenvalue weighted by Gasteiger charge is 2.26. The molecular formula is C14H15N3O3. The molecule has 0 bridgehead atoms. The Labute approximate surface area is 115 Å². The van der Waals surface area contributed by atoms with Crippen molar-refractivity contribution < 1.29 is 9.66 Å². The quantitative estimate of drug-likeness (QED) is 0.684. The summed E-state index contributed by atoms with van der Waals surface area (Å²) in [5, 5.41) is 11.7. The summed E-state index contributed by atoms with van der Waals surface area (Å²) in [6.07, 6.45) is 4.42. The van der Waals surface area contributed by atoms with Gasteiger partial charge in [0, 0.05) is 23.7 Å². The number of nitrogens with two attached hydrogens (primary N) is 1. The van der Waals surface area contributed by atoms with Gasteiger partial charge in [0.15, 0.2) is 5.52 Å². The SMILES string of the molecule is NC1CCCC1Oc1ccnc2c([N+](=O)[O-])cccc12. The maximum Gasteiger partial charge on any atom is 0.295 e. The van der Waals surface area contributed by atoms with E-state index in [1.165, 1.54) is 12.3 Å². The van der Waals surface area contributed by atoms with E-state index in [2.05, 4.69) is 4.98 Å². The predicted molar refractivity (Wildman–Crippen MR) is 74.6 cm³/mol. The average Bonchev–Trinajstić information content (AvgIpc) is 2.84. The van der Waals surface area contributed by atoms with Crippen molar-refractivity contribution in [3.63, 3.8) is 0 Å². The first-order chi connectivity index (χ1) is 9.66. The maximum atomic E-state index is 11.0. The minimum Gasteiger partial charge on any atom is -0.488 e. The summed E-state index contributed by atoms with van der Waals surface area (Å²) < 4.78 is 5.95. The van der Waals surface area contributed by atoms with Crippen LogP contribution in [0.25, 0.3) is 10.9 Å². The van der Waals surface area contributed by atoms with Crippen molar-refractivity contribution in [1.82, 2.24) is 4.98 Å². The summed E-state index contributed by atoms with van der Waals surface area (Å²) >= 11 is 0. The zero-order chi connectivity index (χ0) is 14.1. The Kier molecular flexibility index (Phi) is 3.23. The van der Waals surface area contributed by atoms with Gasteiger partial charge in [-0.1, -0.05) is 6.07 Å². The highest BCUT2D eigenvalue weighted by Crippen LogP contribution is 2.32. The number of nitrogens with zero attached hydrogens (tertiary/aromatic N) is 2. The number of hydrogen-bond donors (Lipinski definition) is 1. The van der Waals surface area contributed by atoms with Crippen LogP contribution in [0.3, 0.4) is 0 Å². The highest BCUT2D eigenvalue weighted by atomic mass is 16.6. The van der Waals surface area contributed by atoms with Crippen LogP contribution < -0.4 is 10.5 Å². The van der Waals surface area contributed by atoms with Crippen molar-refractivity contribution in [2.75, 3.05) is 0 Å². The Morgan fingerprint density at radius 3 is 2.90 bits per heavy atom. The van der Waals surface area contributed by atoms with Crippen LogP contribution in [-0.2, 0) is 0 Å². The fraction of sp³-hybridized carbons (Fsp3) is 0.357. The normalized spacial score (nSPS) is 22.1. The predicted octanol–water partition coefficient (Wildman–Crippen LogP) is 2.40. The first kappa shape index (κ1) is 12.8. The minimum absolute atomic E-state index is 0.0105. The number of nitro benzene ring substituents is 1. The molecule has 2 aromatic rings. The average molecular weight is 273 g/mol. The van der Waals surface area contributed by atoms with Gasteiger partial charge in [0.05, 0.1) is 4.92 Å². The fourth-order valence-electron chi connectivity index (χ4n) is 2.65. The summed E-state index contributed by atoms with van der Waals surface area (Å²) in [5.74, 6) is 0.612. The Morgan fingerprint density at radius 1 is 1.35 bits per heavy atom. The lowest BCUT2D eigenvalue weighted by atomic mass is 10.1. The Balaban J connectivity index is 2.03. The number of para-hydroxylation sites is 1. The minimum atomic E-state index is -0.430. The summed E-state index contributed by atoms with van der Waals surface area (Å²) in [4.78, 5) is 14.7. The molecule has 2 atom stereocenters. The summed E-state index contributed by atoms with van der Waals surface area (Å²) in [6.45, 7) is 0. The molecule has 1 heterocycles. The van der Waals surface area contributed by atoms with Crippen LogP contribution >= 0.6 is 0 Å². The molecule has 2 unspecified atom stereocenters. The van der Waals surface area contributed by atoms with Gasteiger partial charge >= 0.3 is 0 Å². The molecule has 3 rings (SSSR count). The molecule has 1 aromatic carbocycles. The lowest BCUT2D eigenvalue weighted by molar-refractivity contribution is -0.383. The van der Waals surface area contributed by atoms with Crippen molar-refractivity contribution in [1.29, 1.82) is 0 Å². The highest BCUT2D eigenvalue weighted by molar-refractivity contribution is 5.91. The van der Waals surface area contributed by atoms with Gasteiger partial charge in [-0.2, -0.15) is 0 Å². The number of nitro groups is 1. The van der Waals surface area contributed by atoms with Gasteiger partial charge in [-0.25, -0.2) is 4.98 Å². The van der Waals surface area contributed by atoms with Crippen molar-refractivity contribution in [3.8, 4) is 5.75 Å². The largest absolute Gasteiger partial charge is 0.488 e. The molecule has 1 aromatic heterocycles. The van der Waals surface area contributed by atoms with Gasteiger partial charge in [0.25, 0.3) is 5.69 Å². The molecule has 1 aliphatic rings. The molecule has 0 amide bonds. The second-order valence-corrected chi connectivity index (χ2v) is 4.99. The van der Waals surface area contributed by atoms with E-state index in [-0.39, 0.29) is 17.8 Å². The summed E-state index contributed by atoms with van der Waals surface area (Å²) in [6, 6.07) is 6.63. The second kappa shape index (κ2) is 5.05. The molecule has 20 heavy (non-hydrogen) atoms. The molecule has 1 saturated carbocycles. The molecule has 0 spiro atoms. The monoisotopic (exact) mass is 273 g/mol. The zero-order valence-electron chi connectivity index (χ0n) is 10.9. The molecule has 0 aliphatic heterocycles. The van der Waals surface area contributed by atoms with Crippen molar-refractivity contribution in [3.05, 3.63) is 40.6 Å². The van der Waals surface area contributed by atoms with Gasteiger partial charge in [0.2, 0.25) is 0 Å². The second-order valence-electron chi connectivity index (χ2n) is 4.99. The van der Waals surface area contributed by atoms with Gasteiger partial charge in [-0.15, -0.1) is 0 Å². The molecular weight excluding hydrogens is 258 g/mol. The van der Waals surface area contributed by atoms with Crippen LogP contribution in [0.2, 0.25) is 0 Å². The number of fused-ring (bicyclic) bond motifs is 1. The van der Waals surface area contributed by atoms with E-state index in [0.29, 0.717) is 16.7 Å². The number of hydrogen-bond acceptors (Lipinski definition) is 5. The third-order valence-electron chi connectivity index (χ3n) is 3.69. The Hall–Kier alpha value is -2.21. The number of aromatic nitrogens is 1. The standard InChI is InChI=1S/C14H15N3O3/c15-10-4-2-6-13(10)20-12-7-8-16-14-9(12)3-1-5-11(14)17(18)19/h1,3,5,7-8,10,13H,2,4,6,15H2. The molecule has 6 nitrogen and oxygen atoms in total. The first-order valence-corrected chi connectivity index (χ1v) is 6.61. The van der Waals surface area contributed by atoms with E-state index in [0.717, 1.165) is 19.3 Å². The van der Waals surface area contributed by atoms with Crippen molar-refractivity contribution >= 4 is 16.6 Å². The van der Waals surface area contributed by atoms with E-state index in [1.54, 1.807) is 18.2 Å². The third-order valence-corrected chi connectivity index (χ3v) is 3.69. The van der Waals surface area contributed by atoms with Crippen molar-refractivity contribution in [2.24, 2.45) is 5.73 Å². The fourth-order valence-corrected chi connectivity index (χ4v) is 2.65. The van der Waals surface area contributed by atoms with Crippen LogP contribution in [0.4, 0.5) is 5.69 Å². The topological polar surface area (TPSA) is 91.3 Å². The molecule has 1 fully saturated rings. The lowest BCUT2D eigenvalue weighted by Crippen LogP contribution is -2.33. The number of rotatable bonds is 3. The molecule has 104 valence electrons. The Bertz CT molecular complexity index is 659. The van der Waals surface area contributed by atoms with Crippen LogP contribution in [0.1, 0.15) is 19.3 Å². The van der Waals surface area contributed by atoms with Crippen LogP contribution in [0.15, 0.2) is 30.5 Å². The third kappa shape index (κ3) is 2.18. The van der Waals surface area contributed by atoms with E-state index in [9.17, 15) is 10.1 Å². The smallest absolute Gasteiger partial charge is 0.295 e. The van der Waals surface area contributed by atoms with Gasteiger partial charge < -0.3 is 10.5 Å². The zero-order valence-corrected chi connectivity index (χ0v) is 10.9. The van der Waals surface area contributed by atoms with Gasteiger partial charge in [-0.3, -0.25) is 10.1 Å². The van der Waals surface area contributed by atoms with Crippen LogP contribution in [0.5, 0.6) is 5.75 Å². The molecule has 1 aliphatic carbocycles. The number of pyridine rings is 1. The Morgan fingerprint density at radius 2 is 2.20 bits per heavy atom. The van der Waals surface area contributed by atoms with E-state index in [1.807, 2.05) is 0 Å². The molecule has 0 radical (unpaired) electrons. The van der Waals surface area contributed by atoms with E-state index < -0.39 is 4.92 Å². The van der Waals surface area contributed by atoms with Gasteiger partial charge in [-0.05, 0) is 31.4 Å². The number of benzene rings is 1. The number of non-ortho nitro benzene ring substituents is 1. The molecule has 6 heteroatoms. The van der Waals surface area contributed by atoms with Gasteiger partial charge in [0.1, 0.15) is 11.9 Å². The summed E-state index contributed by atoms with van der Waals surface area (Å²) in [5.41, 5.74) is 6.34. The lowest BCUT2D eigenvalue weighted by Gasteiger charge is -2.18. The van der Waals surface area contributed by atoms with Crippen LogP contribution in [-0.4, -0.2) is 22.1 Å². The van der Waals surface area contributed by atoms with E-state index >= 15 is 0 Å². The molecule has 2 N–H and O–H groups in total. The first-order valence-electron chi connectivity index (χ1n) is 6.61. The molecule has 0 saturated heterocycles. The maximum absolute atomic E-state index is 11.0. The van der Waals surface area contributed by atoms with Crippen LogP contribution in [0, 0.1) is 10.1 Å². The van der Waals surface area contributed by atoms with E-state index in [4.69, 9.17) is 10.5 Å². The number of ether oxygens (including phenoxy) is 1. The van der Waals surface area contributed by atoms with Crippen molar-refractivity contribution in [2.45, 2.75) is 31.4 Å². The summed E-state index contributed by atoms with van der Waals surface area (Å²) in [7, 11) is 0.